The molecule has 4 nitrogen and oxygen atoms in total. The van der Waals surface area contributed by atoms with Gasteiger partial charge in [-0.2, -0.15) is 5.10 Å². The molecule has 0 saturated carbocycles. The van der Waals surface area contributed by atoms with Crippen molar-refractivity contribution in [3.05, 3.63) is 52.8 Å². The Morgan fingerprint density at radius 2 is 1.94 bits per heavy atom. The van der Waals surface area contributed by atoms with Crippen LogP contribution in [0.5, 0.6) is 0 Å². The van der Waals surface area contributed by atoms with Crippen molar-refractivity contribution in [1.29, 1.82) is 0 Å². The van der Waals surface area contributed by atoms with Crippen LogP contribution in [0, 0.1) is 0 Å². The summed E-state index contributed by atoms with van der Waals surface area (Å²) in [6, 6.07) is 10.6. The van der Waals surface area contributed by atoms with E-state index in [1.165, 1.54) is 6.20 Å². The second kappa shape index (κ2) is 4.85. The van der Waals surface area contributed by atoms with Gasteiger partial charge in [-0.1, -0.05) is 15.9 Å². The van der Waals surface area contributed by atoms with Gasteiger partial charge in [0.25, 0.3) is 5.91 Å². The fourth-order valence-electron chi connectivity index (χ4n) is 1.15. The average molecular weight is 278 g/mol. The number of rotatable bonds is 2. The van der Waals surface area contributed by atoms with E-state index in [0.717, 1.165) is 10.2 Å². The maximum absolute atomic E-state index is 11.7. The summed E-state index contributed by atoms with van der Waals surface area (Å²) >= 11 is 3.32. The molecule has 0 unspecified atom stereocenters. The standard InChI is InChI=1S/C11H8BrN3O/c12-8-3-5-9(6-4-8)14-11(16)10-2-1-7-13-15-10/h1-7H,(H,14,16). The lowest BCUT2D eigenvalue weighted by Crippen LogP contribution is -2.13. The summed E-state index contributed by atoms with van der Waals surface area (Å²) in [6.07, 6.45) is 1.52. The Balaban J connectivity index is 2.11. The normalized spacial score (nSPS) is 9.81. The van der Waals surface area contributed by atoms with Crippen LogP contribution in [-0.2, 0) is 0 Å². The highest BCUT2D eigenvalue weighted by atomic mass is 79.9. The van der Waals surface area contributed by atoms with E-state index in [4.69, 9.17) is 0 Å². The van der Waals surface area contributed by atoms with Gasteiger partial charge in [0.2, 0.25) is 0 Å². The number of carbonyl (C=O) groups is 1. The molecule has 0 aliphatic heterocycles. The summed E-state index contributed by atoms with van der Waals surface area (Å²) in [4.78, 5) is 11.7. The molecule has 0 bridgehead atoms. The average Bonchev–Trinajstić information content (AvgIpc) is 2.33. The molecule has 0 atom stereocenters. The lowest BCUT2D eigenvalue weighted by molar-refractivity contribution is 0.102. The Morgan fingerprint density at radius 3 is 2.56 bits per heavy atom. The number of nitrogens with one attached hydrogen (secondary N) is 1. The number of hydrogen-bond donors (Lipinski definition) is 1. The molecule has 0 saturated heterocycles. The van der Waals surface area contributed by atoms with E-state index < -0.39 is 0 Å². The first-order valence-corrected chi connectivity index (χ1v) is 5.39. The van der Waals surface area contributed by atoms with Crippen LogP contribution in [0.2, 0.25) is 0 Å². The van der Waals surface area contributed by atoms with Gasteiger partial charge >= 0.3 is 0 Å². The van der Waals surface area contributed by atoms with Crippen LogP contribution in [0.1, 0.15) is 10.5 Å². The second-order valence-corrected chi connectivity index (χ2v) is 3.99. The van der Waals surface area contributed by atoms with Crippen molar-refractivity contribution < 1.29 is 4.79 Å². The molecule has 2 rings (SSSR count). The van der Waals surface area contributed by atoms with Crippen molar-refractivity contribution in [3.63, 3.8) is 0 Å². The first-order valence-electron chi connectivity index (χ1n) is 4.60. The number of anilines is 1. The zero-order valence-electron chi connectivity index (χ0n) is 8.22. The third kappa shape index (κ3) is 2.64. The largest absolute Gasteiger partial charge is 0.321 e. The van der Waals surface area contributed by atoms with E-state index in [1.54, 1.807) is 24.3 Å². The number of benzene rings is 1. The van der Waals surface area contributed by atoms with E-state index in [0.29, 0.717) is 5.69 Å². The van der Waals surface area contributed by atoms with Gasteiger partial charge < -0.3 is 5.32 Å². The molecule has 1 N–H and O–H groups in total. The Hall–Kier alpha value is -1.75. The number of nitrogens with zero attached hydrogens (tertiary/aromatic N) is 2. The first-order chi connectivity index (χ1) is 7.75. The highest BCUT2D eigenvalue weighted by Gasteiger charge is 2.06. The molecule has 80 valence electrons. The van der Waals surface area contributed by atoms with Crippen molar-refractivity contribution in [2.24, 2.45) is 0 Å². The minimum atomic E-state index is -0.268. The summed E-state index contributed by atoms with van der Waals surface area (Å²) in [5, 5.41) is 10.1. The van der Waals surface area contributed by atoms with Gasteiger partial charge in [-0.05, 0) is 36.4 Å². The summed E-state index contributed by atoms with van der Waals surface area (Å²) in [6.45, 7) is 0. The Morgan fingerprint density at radius 1 is 1.19 bits per heavy atom. The molecule has 5 heteroatoms. The zero-order chi connectivity index (χ0) is 11.4. The maximum atomic E-state index is 11.7. The van der Waals surface area contributed by atoms with E-state index in [-0.39, 0.29) is 5.91 Å². The third-order valence-corrected chi connectivity index (χ3v) is 2.44. The fourth-order valence-corrected chi connectivity index (χ4v) is 1.42. The van der Waals surface area contributed by atoms with Crippen LogP contribution in [-0.4, -0.2) is 16.1 Å². The van der Waals surface area contributed by atoms with Gasteiger partial charge in [0, 0.05) is 16.4 Å². The van der Waals surface area contributed by atoms with Gasteiger partial charge in [-0.15, -0.1) is 5.10 Å². The van der Waals surface area contributed by atoms with Crippen molar-refractivity contribution >= 4 is 27.5 Å². The lowest BCUT2D eigenvalue weighted by Gasteiger charge is -2.03. The molecule has 1 amide bonds. The Labute approximate surface area is 101 Å². The molecule has 1 aromatic carbocycles. The maximum Gasteiger partial charge on any atom is 0.276 e. The highest BCUT2D eigenvalue weighted by molar-refractivity contribution is 9.10. The second-order valence-electron chi connectivity index (χ2n) is 3.07. The van der Waals surface area contributed by atoms with E-state index in [1.807, 2.05) is 12.1 Å². The van der Waals surface area contributed by atoms with E-state index in [2.05, 4.69) is 31.4 Å². The molecule has 0 fully saturated rings. The monoisotopic (exact) mass is 277 g/mol. The third-order valence-electron chi connectivity index (χ3n) is 1.91. The fraction of sp³-hybridized carbons (Fsp3) is 0. The minimum Gasteiger partial charge on any atom is -0.321 e. The number of carbonyl (C=O) groups excluding carboxylic acids is 1. The topological polar surface area (TPSA) is 54.9 Å². The van der Waals surface area contributed by atoms with Crippen LogP contribution in [0.25, 0.3) is 0 Å². The Kier molecular flexibility index (Phi) is 3.26. The molecule has 0 radical (unpaired) electrons. The van der Waals surface area contributed by atoms with E-state index >= 15 is 0 Å². The predicted octanol–water partition coefficient (Wildman–Crippen LogP) is 2.49. The predicted molar refractivity (Wildman–Crippen MR) is 64.1 cm³/mol. The molecular formula is C11H8BrN3O. The van der Waals surface area contributed by atoms with Crippen molar-refractivity contribution in [2.45, 2.75) is 0 Å². The number of amides is 1. The van der Waals surface area contributed by atoms with Crippen LogP contribution >= 0.6 is 15.9 Å². The van der Waals surface area contributed by atoms with Crippen molar-refractivity contribution in [3.8, 4) is 0 Å². The number of aromatic nitrogens is 2. The smallest absolute Gasteiger partial charge is 0.276 e. The molecule has 0 aliphatic rings. The van der Waals surface area contributed by atoms with Crippen LogP contribution in [0.15, 0.2) is 47.1 Å². The molecule has 0 aliphatic carbocycles. The first kappa shape index (κ1) is 10.8. The molecular weight excluding hydrogens is 270 g/mol. The van der Waals surface area contributed by atoms with Gasteiger partial charge in [0.15, 0.2) is 5.69 Å². The van der Waals surface area contributed by atoms with Gasteiger partial charge in [0.05, 0.1) is 0 Å². The van der Waals surface area contributed by atoms with Gasteiger partial charge in [-0.25, -0.2) is 0 Å². The quantitative estimate of drug-likeness (QED) is 0.918. The number of hydrogen-bond acceptors (Lipinski definition) is 3. The lowest BCUT2D eigenvalue weighted by atomic mass is 10.3. The molecule has 1 aromatic heterocycles. The van der Waals surface area contributed by atoms with Crippen LogP contribution in [0.4, 0.5) is 5.69 Å². The Bertz CT molecular complexity index is 484. The van der Waals surface area contributed by atoms with Gasteiger partial charge in [0.1, 0.15) is 0 Å². The summed E-state index contributed by atoms with van der Waals surface area (Å²) < 4.78 is 0.963. The minimum absolute atomic E-state index is 0.268. The zero-order valence-corrected chi connectivity index (χ0v) is 9.81. The highest BCUT2D eigenvalue weighted by Crippen LogP contribution is 2.14. The SMILES string of the molecule is O=C(Nc1ccc(Br)cc1)c1cccnn1. The molecule has 16 heavy (non-hydrogen) atoms. The summed E-state index contributed by atoms with van der Waals surface area (Å²) in [5.41, 5.74) is 1.02. The molecule has 0 spiro atoms. The van der Waals surface area contributed by atoms with Crippen LogP contribution in [0.3, 0.4) is 0 Å². The van der Waals surface area contributed by atoms with Crippen molar-refractivity contribution in [1.82, 2.24) is 10.2 Å². The van der Waals surface area contributed by atoms with E-state index in [9.17, 15) is 4.79 Å². The molecule has 1 heterocycles. The van der Waals surface area contributed by atoms with Crippen molar-refractivity contribution in [2.75, 3.05) is 5.32 Å². The summed E-state index contributed by atoms with van der Waals surface area (Å²) in [7, 11) is 0. The van der Waals surface area contributed by atoms with Gasteiger partial charge in [-0.3, -0.25) is 4.79 Å². The summed E-state index contributed by atoms with van der Waals surface area (Å²) in [5.74, 6) is -0.268. The van der Waals surface area contributed by atoms with Crippen LogP contribution < -0.4 is 5.32 Å². The molecule has 2 aromatic rings. The number of halogens is 1.